The number of hydrogen-bond donors (Lipinski definition) is 1. The van der Waals surface area contributed by atoms with Crippen LogP contribution in [-0.2, 0) is 9.59 Å². The molecule has 0 radical (unpaired) electrons. The van der Waals surface area contributed by atoms with Gasteiger partial charge >= 0.3 is 0 Å². The summed E-state index contributed by atoms with van der Waals surface area (Å²) in [6, 6.07) is -0.706. The van der Waals surface area contributed by atoms with Gasteiger partial charge in [0.05, 0.1) is 0 Å². The van der Waals surface area contributed by atoms with Crippen LogP contribution in [0.15, 0.2) is 0 Å². The molecule has 1 aliphatic rings. The number of carbonyl (C=O) groups excluding carboxylic acids is 2. The predicted molar refractivity (Wildman–Crippen MR) is 39.8 cm³/mol. The topological polar surface area (TPSA) is 49.4 Å². The SMILES string of the molecule is C[C@@H]1C(=O)N[C@H](C)C(=O)N1C. The predicted octanol–water partition coefficient (Wildman–Crippen LogP) is -0.648. The molecule has 0 bridgehead atoms. The third-order valence-electron chi connectivity index (χ3n) is 2.04. The molecule has 2 amide bonds. The van der Waals surface area contributed by atoms with E-state index in [4.69, 9.17) is 0 Å². The normalized spacial score (nSPS) is 32.1. The minimum Gasteiger partial charge on any atom is -0.343 e. The minimum atomic E-state index is -0.372. The third-order valence-corrected chi connectivity index (χ3v) is 2.04. The van der Waals surface area contributed by atoms with Gasteiger partial charge < -0.3 is 10.2 Å². The van der Waals surface area contributed by atoms with E-state index in [-0.39, 0.29) is 23.9 Å². The zero-order chi connectivity index (χ0) is 8.59. The summed E-state index contributed by atoms with van der Waals surface area (Å²) in [5.74, 6) is -0.114. The van der Waals surface area contributed by atoms with Gasteiger partial charge in [0.15, 0.2) is 0 Å². The highest BCUT2D eigenvalue weighted by molar-refractivity contribution is 5.96. The van der Waals surface area contributed by atoms with Gasteiger partial charge in [-0.2, -0.15) is 0 Å². The monoisotopic (exact) mass is 156 g/mol. The molecule has 4 heteroatoms. The summed E-state index contributed by atoms with van der Waals surface area (Å²) in [6.45, 7) is 3.39. The average molecular weight is 156 g/mol. The Morgan fingerprint density at radius 3 is 2.45 bits per heavy atom. The van der Waals surface area contributed by atoms with E-state index < -0.39 is 0 Å². The fourth-order valence-electron chi connectivity index (χ4n) is 1.07. The van der Waals surface area contributed by atoms with Crippen molar-refractivity contribution in [1.82, 2.24) is 10.2 Å². The Morgan fingerprint density at radius 2 is 1.91 bits per heavy atom. The van der Waals surface area contributed by atoms with Crippen molar-refractivity contribution in [1.29, 1.82) is 0 Å². The van der Waals surface area contributed by atoms with E-state index in [1.807, 2.05) is 0 Å². The summed E-state index contributed by atoms with van der Waals surface area (Å²) in [6.07, 6.45) is 0. The van der Waals surface area contributed by atoms with Crippen LogP contribution in [0.4, 0.5) is 0 Å². The first-order valence-corrected chi connectivity index (χ1v) is 3.61. The van der Waals surface area contributed by atoms with E-state index in [2.05, 4.69) is 5.32 Å². The van der Waals surface area contributed by atoms with Crippen LogP contribution in [0.1, 0.15) is 13.8 Å². The second-order valence-corrected chi connectivity index (χ2v) is 2.86. The molecule has 0 saturated carbocycles. The van der Waals surface area contributed by atoms with Gasteiger partial charge in [0.2, 0.25) is 11.8 Å². The molecule has 0 spiro atoms. The van der Waals surface area contributed by atoms with Crippen LogP contribution >= 0.6 is 0 Å². The van der Waals surface area contributed by atoms with Crippen molar-refractivity contribution in [3.63, 3.8) is 0 Å². The fourth-order valence-corrected chi connectivity index (χ4v) is 1.07. The number of likely N-dealkylation sites (N-methyl/N-ethyl adjacent to an activating group) is 1. The van der Waals surface area contributed by atoms with Crippen molar-refractivity contribution in [2.75, 3.05) is 7.05 Å². The molecule has 0 aliphatic carbocycles. The number of rotatable bonds is 0. The van der Waals surface area contributed by atoms with Gasteiger partial charge in [0, 0.05) is 7.05 Å². The van der Waals surface area contributed by atoms with Crippen LogP contribution in [0.3, 0.4) is 0 Å². The molecule has 62 valence electrons. The molecule has 11 heavy (non-hydrogen) atoms. The largest absolute Gasteiger partial charge is 0.343 e. The van der Waals surface area contributed by atoms with Crippen LogP contribution in [0.2, 0.25) is 0 Å². The van der Waals surface area contributed by atoms with Gasteiger partial charge in [-0.3, -0.25) is 9.59 Å². The molecule has 0 aromatic heterocycles. The van der Waals surface area contributed by atoms with Crippen molar-refractivity contribution in [2.24, 2.45) is 0 Å². The lowest BCUT2D eigenvalue weighted by Gasteiger charge is -2.32. The summed E-state index contributed by atoms with van der Waals surface area (Å²) in [5, 5.41) is 2.58. The first kappa shape index (κ1) is 8.04. The highest BCUT2D eigenvalue weighted by Crippen LogP contribution is 2.05. The van der Waals surface area contributed by atoms with E-state index in [1.54, 1.807) is 20.9 Å². The van der Waals surface area contributed by atoms with Gasteiger partial charge in [0.25, 0.3) is 0 Å². The Kier molecular flexibility index (Phi) is 1.85. The zero-order valence-electron chi connectivity index (χ0n) is 6.92. The molecular weight excluding hydrogens is 144 g/mol. The van der Waals surface area contributed by atoms with Crippen LogP contribution in [0.5, 0.6) is 0 Å². The number of hydrogen-bond acceptors (Lipinski definition) is 2. The number of piperazine rings is 1. The van der Waals surface area contributed by atoms with E-state index in [9.17, 15) is 9.59 Å². The molecule has 1 saturated heterocycles. The van der Waals surface area contributed by atoms with Crippen molar-refractivity contribution >= 4 is 11.8 Å². The highest BCUT2D eigenvalue weighted by atomic mass is 16.2. The number of amides is 2. The molecule has 0 unspecified atom stereocenters. The van der Waals surface area contributed by atoms with Crippen molar-refractivity contribution < 1.29 is 9.59 Å². The molecule has 0 aromatic rings. The smallest absolute Gasteiger partial charge is 0.245 e. The molecule has 0 aromatic carbocycles. The summed E-state index contributed by atoms with van der Waals surface area (Å²) in [5.41, 5.74) is 0. The maximum atomic E-state index is 11.2. The summed E-state index contributed by atoms with van der Waals surface area (Å²) in [7, 11) is 1.64. The Hall–Kier alpha value is -1.06. The lowest BCUT2D eigenvalue weighted by Crippen LogP contribution is -2.59. The Morgan fingerprint density at radius 1 is 1.36 bits per heavy atom. The molecular formula is C7H12N2O2. The van der Waals surface area contributed by atoms with Crippen molar-refractivity contribution in [3.8, 4) is 0 Å². The first-order chi connectivity index (χ1) is 5.04. The van der Waals surface area contributed by atoms with Gasteiger partial charge in [-0.15, -0.1) is 0 Å². The van der Waals surface area contributed by atoms with E-state index in [0.29, 0.717) is 0 Å². The zero-order valence-corrected chi connectivity index (χ0v) is 6.92. The molecule has 1 heterocycles. The van der Waals surface area contributed by atoms with Crippen molar-refractivity contribution in [3.05, 3.63) is 0 Å². The molecule has 4 nitrogen and oxygen atoms in total. The van der Waals surface area contributed by atoms with Gasteiger partial charge in [-0.25, -0.2) is 0 Å². The first-order valence-electron chi connectivity index (χ1n) is 3.61. The van der Waals surface area contributed by atoms with E-state index >= 15 is 0 Å². The van der Waals surface area contributed by atoms with E-state index in [1.165, 1.54) is 4.90 Å². The fraction of sp³-hybridized carbons (Fsp3) is 0.714. The lowest BCUT2D eigenvalue weighted by molar-refractivity contribution is -0.146. The molecule has 1 rings (SSSR count). The van der Waals surface area contributed by atoms with Gasteiger partial charge in [0.1, 0.15) is 12.1 Å². The molecule has 1 fully saturated rings. The maximum absolute atomic E-state index is 11.2. The highest BCUT2D eigenvalue weighted by Gasteiger charge is 2.32. The lowest BCUT2D eigenvalue weighted by atomic mass is 10.1. The molecule has 2 atom stereocenters. The Balaban J connectivity index is 2.78. The van der Waals surface area contributed by atoms with Crippen LogP contribution in [-0.4, -0.2) is 35.8 Å². The van der Waals surface area contributed by atoms with E-state index in [0.717, 1.165) is 0 Å². The summed E-state index contributed by atoms with van der Waals surface area (Å²) < 4.78 is 0. The minimum absolute atomic E-state index is 0.0305. The van der Waals surface area contributed by atoms with Gasteiger partial charge in [-0.05, 0) is 13.8 Å². The standard InChI is InChI=1S/C7H12N2O2/c1-4-7(11)9(3)5(2)6(10)8-4/h4-5H,1-3H3,(H,8,10)/t4-,5-/m1/s1. The average Bonchev–Trinajstić information content (AvgIpc) is 1.97. The quantitative estimate of drug-likeness (QED) is 0.506. The Labute approximate surface area is 65.6 Å². The molecule has 1 N–H and O–H groups in total. The number of nitrogens with one attached hydrogen (secondary N) is 1. The van der Waals surface area contributed by atoms with Crippen molar-refractivity contribution in [2.45, 2.75) is 25.9 Å². The van der Waals surface area contributed by atoms with Crippen LogP contribution in [0, 0.1) is 0 Å². The second-order valence-electron chi connectivity index (χ2n) is 2.86. The maximum Gasteiger partial charge on any atom is 0.245 e. The van der Waals surface area contributed by atoms with Gasteiger partial charge in [-0.1, -0.05) is 0 Å². The Bertz CT molecular complexity index is 203. The number of nitrogens with zero attached hydrogens (tertiary/aromatic N) is 1. The van der Waals surface area contributed by atoms with Crippen LogP contribution < -0.4 is 5.32 Å². The van der Waals surface area contributed by atoms with Crippen LogP contribution in [0.25, 0.3) is 0 Å². The number of carbonyl (C=O) groups is 2. The summed E-state index contributed by atoms with van der Waals surface area (Å²) >= 11 is 0. The third kappa shape index (κ3) is 1.20. The second kappa shape index (κ2) is 2.53. The summed E-state index contributed by atoms with van der Waals surface area (Å²) in [4.78, 5) is 23.7. The molecule has 1 aliphatic heterocycles.